The molecule has 1 aliphatic rings. The van der Waals surface area contributed by atoms with E-state index in [1.165, 1.54) is 34.0 Å². The fraction of sp³-hybridized carbons (Fsp3) is 0.412. The molecule has 0 unspecified atom stereocenters. The number of rotatable bonds is 5. The molecule has 1 aromatic carbocycles. The van der Waals surface area contributed by atoms with Crippen molar-refractivity contribution in [2.45, 2.75) is 6.42 Å². The fourth-order valence-electron chi connectivity index (χ4n) is 2.81. The molecule has 7 nitrogen and oxygen atoms in total. The Morgan fingerprint density at radius 1 is 1.22 bits per heavy atom. The number of aromatic nitrogens is 1. The van der Waals surface area contributed by atoms with E-state index in [0.29, 0.717) is 36.9 Å². The van der Waals surface area contributed by atoms with Crippen molar-refractivity contribution in [1.82, 2.24) is 18.5 Å². The Morgan fingerprint density at radius 2 is 1.89 bits per heavy atom. The van der Waals surface area contributed by atoms with E-state index in [1.54, 1.807) is 4.90 Å². The standard InChI is InChI=1S/C17H21ClN4O3S2/c1-20(2)27(24,25)22-9-7-21(8-10-22)16(23)11-13-12-26-17(19-13)14-5-3-4-6-15(14)18/h3-6,12H,7-11H2,1-2H3. The van der Waals surface area contributed by atoms with Crippen LogP contribution in [0.15, 0.2) is 29.6 Å². The first-order valence-corrected chi connectivity index (χ1v) is 11.1. The van der Waals surface area contributed by atoms with Crippen LogP contribution >= 0.6 is 22.9 Å². The van der Waals surface area contributed by atoms with Gasteiger partial charge in [0.05, 0.1) is 17.1 Å². The lowest BCUT2D eigenvalue weighted by Crippen LogP contribution is -2.53. The summed E-state index contributed by atoms with van der Waals surface area (Å²) in [7, 11) is -0.423. The van der Waals surface area contributed by atoms with Crippen LogP contribution in [0.25, 0.3) is 10.6 Å². The smallest absolute Gasteiger partial charge is 0.281 e. The molecule has 2 aromatic rings. The fourth-order valence-corrected chi connectivity index (χ4v) is 5.04. The monoisotopic (exact) mass is 428 g/mol. The average molecular weight is 429 g/mol. The van der Waals surface area contributed by atoms with Gasteiger partial charge in [-0.2, -0.15) is 17.0 Å². The minimum Gasteiger partial charge on any atom is -0.340 e. The Hall–Kier alpha value is -1.52. The molecule has 1 amide bonds. The average Bonchev–Trinajstić information content (AvgIpc) is 3.10. The summed E-state index contributed by atoms with van der Waals surface area (Å²) in [6.45, 7) is 1.36. The van der Waals surface area contributed by atoms with E-state index < -0.39 is 10.2 Å². The first-order chi connectivity index (χ1) is 12.8. The molecule has 10 heteroatoms. The number of hydrogen-bond acceptors (Lipinski definition) is 5. The van der Waals surface area contributed by atoms with Crippen LogP contribution in [0.2, 0.25) is 5.02 Å². The number of amides is 1. The van der Waals surface area contributed by atoms with Gasteiger partial charge in [0.25, 0.3) is 10.2 Å². The molecule has 2 heterocycles. The summed E-state index contributed by atoms with van der Waals surface area (Å²) in [5.74, 6) is -0.0482. The van der Waals surface area contributed by atoms with Crippen molar-refractivity contribution in [2.24, 2.45) is 0 Å². The second-order valence-corrected chi connectivity index (χ2v) is 9.78. The highest BCUT2D eigenvalue weighted by atomic mass is 35.5. The first-order valence-electron chi connectivity index (χ1n) is 8.43. The van der Waals surface area contributed by atoms with Gasteiger partial charge in [-0.25, -0.2) is 4.98 Å². The van der Waals surface area contributed by atoms with E-state index >= 15 is 0 Å². The number of carbonyl (C=O) groups is 1. The zero-order valence-corrected chi connectivity index (χ0v) is 17.5. The normalized spacial score (nSPS) is 16.1. The molecule has 1 saturated heterocycles. The van der Waals surface area contributed by atoms with Crippen LogP contribution in [-0.4, -0.2) is 73.1 Å². The predicted octanol–water partition coefficient (Wildman–Crippen LogP) is 1.96. The van der Waals surface area contributed by atoms with Gasteiger partial charge in [-0.15, -0.1) is 11.3 Å². The summed E-state index contributed by atoms with van der Waals surface area (Å²) in [5, 5.41) is 3.27. The van der Waals surface area contributed by atoms with Crippen LogP contribution in [0.5, 0.6) is 0 Å². The second kappa shape index (κ2) is 8.24. The maximum Gasteiger partial charge on any atom is 0.281 e. The third-order valence-electron chi connectivity index (χ3n) is 4.37. The number of nitrogens with zero attached hydrogens (tertiary/aromatic N) is 4. The molecular weight excluding hydrogens is 408 g/mol. The van der Waals surface area contributed by atoms with Gasteiger partial charge in [0.2, 0.25) is 5.91 Å². The predicted molar refractivity (Wildman–Crippen MR) is 107 cm³/mol. The van der Waals surface area contributed by atoms with Gasteiger partial charge >= 0.3 is 0 Å². The van der Waals surface area contributed by atoms with E-state index in [1.807, 2.05) is 29.6 Å². The van der Waals surface area contributed by atoms with Gasteiger partial charge < -0.3 is 4.90 Å². The van der Waals surface area contributed by atoms with E-state index in [2.05, 4.69) is 4.98 Å². The molecule has 0 aliphatic carbocycles. The molecule has 1 aromatic heterocycles. The van der Waals surface area contributed by atoms with Crippen molar-refractivity contribution in [3.8, 4) is 10.6 Å². The number of hydrogen-bond donors (Lipinski definition) is 0. The molecule has 3 rings (SSSR count). The summed E-state index contributed by atoms with van der Waals surface area (Å²) < 4.78 is 26.9. The molecular formula is C17H21ClN4O3S2. The van der Waals surface area contributed by atoms with Gasteiger partial charge in [-0.05, 0) is 6.07 Å². The van der Waals surface area contributed by atoms with Crippen LogP contribution in [0.4, 0.5) is 0 Å². The van der Waals surface area contributed by atoms with Gasteiger partial charge in [-0.3, -0.25) is 4.79 Å². The highest BCUT2D eigenvalue weighted by Crippen LogP contribution is 2.30. The lowest BCUT2D eigenvalue weighted by Gasteiger charge is -2.35. The van der Waals surface area contributed by atoms with Gasteiger partial charge in [0.15, 0.2) is 0 Å². The first kappa shape index (κ1) is 20.2. The van der Waals surface area contributed by atoms with Crippen molar-refractivity contribution in [3.63, 3.8) is 0 Å². The number of piperazine rings is 1. The van der Waals surface area contributed by atoms with Crippen molar-refractivity contribution < 1.29 is 13.2 Å². The van der Waals surface area contributed by atoms with Crippen molar-refractivity contribution in [2.75, 3.05) is 40.3 Å². The molecule has 1 aliphatic heterocycles. The molecule has 0 saturated carbocycles. The third-order valence-corrected chi connectivity index (χ3v) is 7.56. The van der Waals surface area contributed by atoms with Crippen LogP contribution in [0.1, 0.15) is 5.69 Å². The lowest BCUT2D eigenvalue weighted by atomic mass is 10.2. The van der Waals surface area contributed by atoms with Crippen LogP contribution in [0.3, 0.4) is 0 Å². The van der Waals surface area contributed by atoms with Crippen LogP contribution in [0, 0.1) is 0 Å². The lowest BCUT2D eigenvalue weighted by molar-refractivity contribution is -0.131. The highest BCUT2D eigenvalue weighted by Gasteiger charge is 2.30. The molecule has 1 fully saturated rings. The molecule has 146 valence electrons. The second-order valence-electron chi connectivity index (χ2n) is 6.37. The topological polar surface area (TPSA) is 73.8 Å². The Labute approximate surface area is 168 Å². The third kappa shape index (κ3) is 4.49. The van der Waals surface area contributed by atoms with Crippen molar-refractivity contribution >= 4 is 39.1 Å². The van der Waals surface area contributed by atoms with E-state index in [4.69, 9.17) is 11.6 Å². The van der Waals surface area contributed by atoms with E-state index in [-0.39, 0.29) is 12.3 Å². The minimum absolute atomic E-state index is 0.0482. The molecule has 0 N–H and O–H groups in total. The molecule has 27 heavy (non-hydrogen) atoms. The molecule has 0 atom stereocenters. The van der Waals surface area contributed by atoms with Crippen LogP contribution in [-0.2, 0) is 21.4 Å². The zero-order chi connectivity index (χ0) is 19.6. The summed E-state index contributed by atoms with van der Waals surface area (Å²) >= 11 is 7.66. The molecule has 0 radical (unpaired) electrons. The highest BCUT2D eigenvalue weighted by molar-refractivity contribution is 7.86. The molecule has 0 bridgehead atoms. The van der Waals surface area contributed by atoms with Crippen molar-refractivity contribution in [3.05, 3.63) is 40.4 Å². The SMILES string of the molecule is CN(C)S(=O)(=O)N1CCN(C(=O)Cc2csc(-c3ccccc3Cl)n2)CC1. The van der Waals surface area contributed by atoms with Gasteiger partial charge in [0.1, 0.15) is 5.01 Å². The summed E-state index contributed by atoms with van der Waals surface area (Å²) in [4.78, 5) is 18.8. The molecule has 0 spiro atoms. The number of carbonyl (C=O) groups excluding carboxylic acids is 1. The quantitative estimate of drug-likeness (QED) is 0.729. The van der Waals surface area contributed by atoms with Gasteiger partial charge in [-0.1, -0.05) is 29.8 Å². The zero-order valence-electron chi connectivity index (χ0n) is 15.1. The summed E-state index contributed by atoms with van der Waals surface area (Å²) in [6, 6.07) is 7.47. The van der Waals surface area contributed by atoms with Crippen LogP contribution < -0.4 is 0 Å². The van der Waals surface area contributed by atoms with E-state index in [9.17, 15) is 13.2 Å². The Kier molecular flexibility index (Phi) is 6.17. The Balaban J connectivity index is 1.60. The minimum atomic E-state index is -3.43. The Bertz CT molecular complexity index is 922. The maximum atomic E-state index is 12.6. The largest absolute Gasteiger partial charge is 0.340 e. The Morgan fingerprint density at radius 3 is 2.52 bits per heavy atom. The number of thiazole rings is 1. The number of halogens is 1. The number of benzene rings is 1. The maximum absolute atomic E-state index is 12.6. The van der Waals surface area contributed by atoms with Gasteiger partial charge in [0, 0.05) is 51.2 Å². The summed E-state index contributed by atoms with van der Waals surface area (Å²) in [5.41, 5.74) is 1.55. The van der Waals surface area contributed by atoms with E-state index in [0.717, 1.165) is 10.6 Å². The summed E-state index contributed by atoms with van der Waals surface area (Å²) in [6.07, 6.45) is 0.196. The van der Waals surface area contributed by atoms with Crippen molar-refractivity contribution in [1.29, 1.82) is 0 Å².